The van der Waals surface area contributed by atoms with Crippen molar-refractivity contribution in [2.75, 3.05) is 5.32 Å². The number of thiophene rings is 1. The van der Waals surface area contributed by atoms with Gasteiger partial charge >= 0.3 is 5.97 Å². The molecule has 0 aliphatic heterocycles. The summed E-state index contributed by atoms with van der Waals surface area (Å²) >= 11 is 10.8. The zero-order chi connectivity index (χ0) is 21.3. The molecule has 3 rings (SSSR count). The Morgan fingerprint density at radius 1 is 1.24 bits per heavy atom. The van der Waals surface area contributed by atoms with Crippen molar-refractivity contribution in [2.45, 2.75) is 26.4 Å². The van der Waals surface area contributed by atoms with E-state index in [9.17, 15) is 9.59 Å². The Hall–Kier alpha value is -2.16. The summed E-state index contributed by atoms with van der Waals surface area (Å²) in [5.41, 5.74) is 1.38. The van der Waals surface area contributed by atoms with Crippen molar-refractivity contribution in [3.05, 3.63) is 56.6 Å². The molecule has 2 aromatic heterocycles. The van der Waals surface area contributed by atoms with Gasteiger partial charge in [0.15, 0.2) is 0 Å². The molecule has 0 unspecified atom stereocenters. The monoisotopic (exact) mass is 495 g/mol. The molecule has 29 heavy (non-hydrogen) atoms. The normalized spacial score (nSPS) is 11.4. The van der Waals surface area contributed by atoms with Crippen LogP contribution in [0.25, 0.3) is 11.1 Å². The Morgan fingerprint density at radius 3 is 2.45 bits per heavy atom. The summed E-state index contributed by atoms with van der Waals surface area (Å²) in [5.74, 6) is -0.957. The van der Waals surface area contributed by atoms with E-state index in [1.807, 2.05) is 29.6 Å². The Balaban J connectivity index is 2.02. The SMILES string of the molecule is Cn1ncc(C(=O)Nc2scc(-c3ccc(Br)cc3)c2C(=O)OC(C)(C)C)c1Cl. The van der Waals surface area contributed by atoms with E-state index >= 15 is 0 Å². The number of ether oxygens (including phenoxy) is 1. The highest BCUT2D eigenvalue weighted by molar-refractivity contribution is 9.10. The van der Waals surface area contributed by atoms with E-state index in [0.717, 1.165) is 10.0 Å². The first-order valence-electron chi connectivity index (χ1n) is 8.66. The first kappa shape index (κ1) is 21.5. The Bertz CT molecular complexity index is 1070. The maximum Gasteiger partial charge on any atom is 0.342 e. The van der Waals surface area contributed by atoms with Crippen LogP contribution in [0.15, 0.2) is 40.3 Å². The number of nitrogens with one attached hydrogen (secondary N) is 1. The van der Waals surface area contributed by atoms with E-state index in [4.69, 9.17) is 16.3 Å². The van der Waals surface area contributed by atoms with Crippen molar-refractivity contribution in [1.29, 1.82) is 0 Å². The summed E-state index contributed by atoms with van der Waals surface area (Å²) in [6.45, 7) is 5.39. The fourth-order valence-corrected chi connectivity index (χ4v) is 3.96. The maximum atomic E-state index is 13.0. The number of anilines is 1. The van der Waals surface area contributed by atoms with Crippen molar-refractivity contribution in [3.8, 4) is 11.1 Å². The number of aromatic nitrogens is 2. The van der Waals surface area contributed by atoms with Gasteiger partial charge in [0.2, 0.25) is 0 Å². The lowest BCUT2D eigenvalue weighted by Gasteiger charge is -2.20. The zero-order valence-electron chi connectivity index (χ0n) is 16.2. The van der Waals surface area contributed by atoms with Gasteiger partial charge in [0, 0.05) is 22.5 Å². The molecular weight excluding hydrogens is 478 g/mol. The number of rotatable bonds is 4. The second-order valence-electron chi connectivity index (χ2n) is 7.29. The van der Waals surface area contributed by atoms with E-state index in [-0.39, 0.29) is 10.7 Å². The van der Waals surface area contributed by atoms with E-state index in [0.29, 0.717) is 16.1 Å². The van der Waals surface area contributed by atoms with Gasteiger partial charge in [0.25, 0.3) is 5.91 Å². The number of carbonyl (C=O) groups is 2. The summed E-state index contributed by atoms with van der Waals surface area (Å²) in [7, 11) is 1.64. The molecule has 3 aromatic rings. The van der Waals surface area contributed by atoms with Crippen LogP contribution < -0.4 is 5.32 Å². The lowest BCUT2D eigenvalue weighted by atomic mass is 10.0. The molecular formula is C20H19BrClN3O3S. The lowest BCUT2D eigenvalue weighted by molar-refractivity contribution is 0.00722. The highest BCUT2D eigenvalue weighted by atomic mass is 79.9. The molecule has 0 saturated heterocycles. The quantitative estimate of drug-likeness (QED) is 0.465. The molecule has 0 aliphatic carbocycles. The molecule has 0 atom stereocenters. The summed E-state index contributed by atoms with van der Waals surface area (Å²) in [5, 5.41) is 9.19. The predicted octanol–water partition coefficient (Wildman–Crippen LogP) is 5.77. The number of nitrogens with zero attached hydrogens (tertiary/aromatic N) is 2. The number of hydrogen-bond donors (Lipinski definition) is 1. The van der Waals surface area contributed by atoms with Crippen LogP contribution in [0.5, 0.6) is 0 Å². The van der Waals surface area contributed by atoms with E-state index in [1.165, 1.54) is 22.2 Å². The van der Waals surface area contributed by atoms with Gasteiger partial charge in [-0.3, -0.25) is 9.48 Å². The number of halogens is 2. The van der Waals surface area contributed by atoms with Crippen LogP contribution >= 0.6 is 38.9 Å². The van der Waals surface area contributed by atoms with Crippen LogP contribution in [0.4, 0.5) is 5.00 Å². The summed E-state index contributed by atoms with van der Waals surface area (Å²) in [6, 6.07) is 7.56. The topological polar surface area (TPSA) is 73.2 Å². The second kappa shape index (κ2) is 8.30. The average Bonchev–Trinajstić information content (AvgIpc) is 3.18. The molecule has 6 nitrogen and oxygen atoms in total. The first-order chi connectivity index (χ1) is 13.6. The third-order valence-corrected chi connectivity index (χ3v) is 5.76. The largest absolute Gasteiger partial charge is 0.456 e. The van der Waals surface area contributed by atoms with Crippen molar-refractivity contribution in [3.63, 3.8) is 0 Å². The number of carbonyl (C=O) groups excluding carboxylic acids is 2. The van der Waals surface area contributed by atoms with Crippen LogP contribution in [-0.4, -0.2) is 27.3 Å². The highest BCUT2D eigenvalue weighted by Gasteiger charge is 2.27. The van der Waals surface area contributed by atoms with Crippen molar-refractivity contribution in [2.24, 2.45) is 7.05 Å². The van der Waals surface area contributed by atoms with E-state index in [1.54, 1.807) is 27.8 Å². The second-order valence-corrected chi connectivity index (χ2v) is 9.44. The molecule has 9 heteroatoms. The van der Waals surface area contributed by atoms with Gasteiger partial charge in [-0.05, 0) is 38.5 Å². The highest BCUT2D eigenvalue weighted by Crippen LogP contribution is 2.37. The van der Waals surface area contributed by atoms with Gasteiger partial charge < -0.3 is 10.1 Å². The fourth-order valence-electron chi connectivity index (χ4n) is 2.57. The van der Waals surface area contributed by atoms with Gasteiger partial charge in [0.1, 0.15) is 21.3 Å². The number of amides is 1. The maximum absolute atomic E-state index is 13.0. The third-order valence-electron chi connectivity index (χ3n) is 3.89. The van der Waals surface area contributed by atoms with Crippen LogP contribution in [-0.2, 0) is 11.8 Å². The minimum absolute atomic E-state index is 0.214. The van der Waals surface area contributed by atoms with Gasteiger partial charge in [-0.15, -0.1) is 11.3 Å². The number of hydrogen-bond acceptors (Lipinski definition) is 5. The van der Waals surface area contributed by atoms with E-state index < -0.39 is 17.5 Å². The molecule has 0 aliphatic rings. The van der Waals surface area contributed by atoms with Crippen LogP contribution in [0.2, 0.25) is 5.15 Å². The Labute approximate surface area is 186 Å². The molecule has 0 fully saturated rings. The van der Waals surface area contributed by atoms with Crippen molar-refractivity contribution >= 4 is 55.7 Å². The molecule has 0 bridgehead atoms. The molecule has 0 radical (unpaired) electrons. The van der Waals surface area contributed by atoms with E-state index in [2.05, 4.69) is 26.3 Å². The Kier molecular flexibility index (Phi) is 6.16. The van der Waals surface area contributed by atoms with Gasteiger partial charge in [0.05, 0.1) is 11.8 Å². The van der Waals surface area contributed by atoms with Crippen LogP contribution in [0, 0.1) is 0 Å². The van der Waals surface area contributed by atoms with Crippen LogP contribution in [0.3, 0.4) is 0 Å². The van der Waals surface area contributed by atoms with Gasteiger partial charge in [-0.1, -0.05) is 39.7 Å². The predicted molar refractivity (Wildman–Crippen MR) is 119 cm³/mol. The molecule has 2 heterocycles. The first-order valence-corrected chi connectivity index (χ1v) is 10.7. The zero-order valence-corrected chi connectivity index (χ0v) is 19.4. The summed E-state index contributed by atoms with van der Waals surface area (Å²) < 4.78 is 7.91. The van der Waals surface area contributed by atoms with Crippen LogP contribution in [0.1, 0.15) is 41.5 Å². The molecule has 1 aromatic carbocycles. The standard InChI is InChI=1S/C20H19BrClN3O3S/c1-20(2,3)28-19(27)15-14(11-5-7-12(21)8-6-11)10-29-18(15)24-17(26)13-9-23-25(4)16(13)22/h5-10H,1-4H3,(H,24,26). The van der Waals surface area contributed by atoms with Gasteiger partial charge in [-0.25, -0.2) is 4.79 Å². The van der Waals surface area contributed by atoms with Gasteiger partial charge in [-0.2, -0.15) is 5.10 Å². The molecule has 1 N–H and O–H groups in total. The summed E-state index contributed by atoms with van der Waals surface area (Å²) in [6.07, 6.45) is 1.38. The van der Waals surface area contributed by atoms with Crippen molar-refractivity contribution < 1.29 is 14.3 Å². The molecule has 152 valence electrons. The number of benzene rings is 1. The smallest absolute Gasteiger partial charge is 0.342 e. The molecule has 0 spiro atoms. The average molecular weight is 497 g/mol. The minimum Gasteiger partial charge on any atom is -0.456 e. The van der Waals surface area contributed by atoms with Crippen molar-refractivity contribution in [1.82, 2.24) is 9.78 Å². The lowest BCUT2D eigenvalue weighted by Crippen LogP contribution is -2.25. The third kappa shape index (κ3) is 4.88. The number of aryl methyl sites for hydroxylation is 1. The molecule has 0 saturated carbocycles. The Morgan fingerprint density at radius 2 is 1.90 bits per heavy atom. The summed E-state index contributed by atoms with van der Waals surface area (Å²) in [4.78, 5) is 25.7. The minimum atomic E-state index is -0.677. The molecule has 1 amide bonds. The fraction of sp³-hybridized carbons (Fsp3) is 0.250. The number of esters is 1.